The zero-order valence-corrected chi connectivity index (χ0v) is 21.0. The lowest BCUT2D eigenvalue weighted by Gasteiger charge is -2.23. The Morgan fingerprint density at radius 3 is 2.60 bits per heavy atom. The summed E-state index contributed by atoms with van der Waals surface area (Å²) in [5.74, 6) is 1.14. The van der Waals surface area contributed by atoms with Gasteiger partial charge in [0.2, 0.25) is 11.8 Å². The molecule has 1 aromatic heterocycles. The number of thioether (sulfide) groups is 1. The van der Waals surface area contributed by atoms with Crippen molar-refractivity contribution >= 4 is 41.3 Å². The Bertz CT molecular complexity index is 1200. The van der Waals surface area contributed by atoms with Crippen LogP contribution in [0.25, 0.3) is 5.57 Å². The summed E-state index contributed by atoms with van der Waals surface area (Å²) < 4.78 is 16.7. The predicted octanol–water partition coefficient (Wildman–Crippen LogP) is 5.52. The van der Waals surface area contributed by atoms with Crippen LogP contribution in [0.1, 0.15) is 17.4 Å². The van der Waals surface area contributed by atoms with Crippen molar-refractivity contribution < 1.29 is 14.2 Å². The van der Waals surface area contributed by atoms with Gasteiger partial charge in [-0.3, -0.25) is 10.4 Å². The maximum absolute atomic E-state index is 8.82. The zero-order valence-electron chi connectivity index (χ0n) is 20.2. The molecule has 0 aliphatic rings. The lowest BCUT2D eigenvalue weighted by molar-refractivity contribution is 0.222. The highest BCUT2D eigenvalue weighted by molar-refractivity contribution is 7.98. The molecule has 3 rings (SSSR count). The molecule has 0 saturated heterocycles. The molecule has 0 bridgehead atoms. The van der Waals surface area contributed by atoms with Crippen LogP contribution in [0.3, 0.4) is 0 Å². The van der Waals surface area contributed by atoms with Crippen molar-refractivity contribution in [3.05, 3.63) is 78.1 Å². The van der Waals surface area contributed by atoms with Gasteiger partial charge in [-0.2, -0.15) is 0 Å². The Kier molecular flexibility index (Phi) is 9.14. The fourth-order valence-electron chi connectivity index (χ4n) is 3.30. The van der Waals surface area contributed by atoms with Gasteiger partial charge in [0.05, 0.1) is 25.5 Å². The summed E-state index contributed by atoms with van der Waals surface area (Å²) in [6.07, 6.45) is 4.64. The van der Waals surface area contributed by atoms with Gasteiger partial charge < -0.3 is 24.8 Å². The molecule has 0 aliphatic carbocycles. The average molecular weight is 492 g/mol. The largest absolute Gasteiger partial charge is 0.497 e. The molecule has 35 heavy (non-hydrogen) atoms. The van der Waals surface area contributed by atoms with Crippen LogP contribution in [0.4, 0.5) is 11.4 Å². The summed E-state index contributed by atoms with van der Waals surface area (Å²) in [6.45, 7) is 3.67. The second kappa shape index (κ2) is 12.5. The van der Waals surface area contributed by atoms with Crippen LogP contribution >= 0.6 is 11.8 Å². The number of hydrogen-bond acceptors (Lipinski definition) is 9. The Morgan fingerprint density at radius 2 is 1.97 bits per heavy atom. The summed E-state index contributed by atoms with van der Waals surface area (Å²) in [5, 5.41) is 15.2. The number of pyridine rings is 1. The van der Waals surface area contributed by atoms with Gasteiger partial charge in [-0.15, -0.1) is 11.8 Å². The molecular weight excluding hydrogens is 462 g/mol. The third kappa shape index (κ3) is 6.54. The topological polar surface area (TPSA) is 101 Å². The van der Waals surface area contributed by atoms with Gasteiger partial charge in [-0.1, -0.05) is 12.1 Å². The van der Waals surface area contributed by atoms with E-state index in [1.54, 1.807) is 51.5 Å². The van der Waals surface area contributed by atoms with Gasteiger partial charge in [0.25, 0.3) is 0 Å². The molecule has 0 amide bonds. The minimum Gasteiger partial charge on any atom is -0.497 e. The minimum atomic E-state index is -0.712. The fraction of sp³-hybridized carbons (Fsp3) is 0.192. The Labute approximate surface area is 210 Å². The standard InChI is InChI=1S/C26H29N5O3S/c1-28-16-21(17-9-11-23(35-5)22(13-17)29-2)25(27)34-26(18-10-12-24(33-4)30-15-18)31-19-7-6-8-20(14-19)32-3/h6-16,26-28,31H,2H2,1,3-5H3/b21-16-,27-25?. The van der Waals surface area contributed by atoms with Crippen LogP contribution in [-0.2, 0) is 4.74 Å². The maximum atomic E-state index is 8.82. The SMILES string of the molecule is C=Nc1cc(/C(=C/NC)C(=N)OC(Nc2cccc(OC)c2)c2ccc(OC)nc2)ccc1SC. The van der Waals surface area contributed by atoms with Crippen LogP contribution in [0.15, 0.2) is 76.9 Å². The summed E-state index contributed by atoms with van der Waals surface area (Å²) in [5.41, 5.74) is 3.56. The lowest BCUT2D eigenvalue weighted by Crippen LogP contribution is -2.20. The van der Waals surface area contributed by atoms with E-state index in [4.69, 9.17) is 19.6 Å². The molecule has 8 nitrogen and oxygen atoms in total. The Balaban J connectivity index is 1.95. The number of nitrogens with one attached hydrogen (secondary N) is 3. The highest BCUT2D eigenvalue weighted by atomic mass is 32.2. The first-order chi connectivity index (χ1) is 17.0. The minimum absolute atomic E-state index is 0.0394. The van der Waals surface area contributed by atoms with Crippen molar-refractivity contribution in [2.24, 2.45) is 4.99 Å². The van der Waals surface area contributed by atoms with Crippen LogP contribution in [0.2, 0.25) is 0 Å². The van der Waals surface area contributed by atoms with Crippen molar-refractivity contribution in [1.82, 2.24) is 10.3 Å². The number of anilines is 1. The van der Waals surface area contributed by atoms with Crippen molar-refractivity contribution in [3.63, 3.8) is 0 Å². The number of nitrogens with zero attached hydrogens (tertiary/aromatic N) is 2. The van der Waals surface area contributed by atoms with Gasteiger partial charge in [-0.25, -0.2) is 4.98 Å². The number of hydrogen-bond donors (Lipinski definition) is 3. The molecule has 3 N–H and O–H groups in total. The molecule has 1 heterocycles. The van der Waals surface area contributed by atoms with E-state index < -0.39 is 6.23 Å². The summed E-state index contributed by atoms with van der Waals surface area (Å²) in [7, 11) is 4.94. The van der Waals surface area contributed by atoms with Gasteiger partial charge in [0.1, 0.15) is 5.75 Å². The first-order valence-electron chi connectivity index (χ1n) is 10.7. The number of aliphatic imine (C=N–C) groups is 1. The smallest absolute Gasteiger partial charge is 0.217 e. The first kappa shape index (κ1) is 25.6. The van der Waals surface area contributed by atoms with Crippen LogP contribution < -0.4 is 20.1 Å². The average Bonchev–Trinajstić information content (AvgIpc) is 2.91. The highest BCUT2D eigenvalue weighted by Crippen LogP contribution is 2.32. The van der Waals surface area contributed by atoms with E-state index in [1.165, 1.54) is 0 Å². The summed E-state index contributed by atoms with van der Waals surface area (Å²) >= 11 is 1.59. The van der Waals surface area contributed by atoms with E-state index >= 15 is 0 Å². The van der Waals surface area contributed by atoms with E-state index in [0.29, 0.717) is 22.8 Å². The molecule has 0 aliphatic heterocycles. The van der Waals surface area contributed by atoms with E-state index in [2.05, 4.69) is 27.3 Å². The monoisotopic (exact) mass is 491 g/mol. The Hall–Kier alpha value is -3.98. The zero-order chi connectivity index (χ0) is 25.2. The van der Waals surface area contributed by atoms with Crippen molar-refractivity contribution in [2.75, 3.05) is 32.8 Å². The van der Waals surface area contributed by atoms with Crippen LogP contribution in [-0.4, -0.2) is 45.1 Å². The number of aromatic nitrogens is 1. The second-order valence-electron chi connectivity index (χ2n) is 7.23. The third-order valence-electron chi connectivity index (χ3n) is 5.07. The predicted molar refractivity (Wildman–Crippen MR) is 143 cm³/mol. The molecule has 0 saturated carbocycles. The number of methoxy groups -OCH3 is 2. The number of ether oxygens (including phenoxy) is 3. The maximum Gasteiger partial charge on any atom is 0.217 e. The number of rotatable bonds is 11. The van der Waals surface area contributed by atoms with Crippen molar-refractivity contribution in [3.8, 4) is 11.6 Å². The highest BCUT2D eigenvalue weighted by Gasteiger charge is 2.20. The molecule has 1 atom stereocenters. The van der Waals surface area contributed by atoms with E-state index in [-0.39, 0.29) is 5.90 Å². The van der Waals surface area contributed by atoms with Gasteiger partial charge >= 0.3 is 0 Å². The Morgan fingerprint density at radius 1 is 1.14 bits per heavy atom. The fourth-order valence-corrected chi connectivity index (χ4v) is 3.84. The normalized spacial score (nSPS) is 11.8. The van der Waals surface area contributed by atoms with Crippen LogP contribution in [0.5, 0.6) is 11.6 Å². The second-order valence-corrected chi connectivity index (χ2v) is 8.08. The first-order valence-corrected chi connectivity index (χ1v) is 11.9. The lowest BCUT2D eigenvalue weighted by atomic mass is 10.1. The molecule has 0 radical (unpaired) electrons. The van der Waals surface area contributed by atoms with E-state index in [0.717, 1.165) is 21.8 Å². The van der Waals surface area contributed by atoms with E-state index in [1.807, 2.05) is 54.8 Å². The molecule has 9 heteroatoms. The van der Waals surface area contributed by atoms with Gasteiger partial charge in [-0.05, 0) is 48.9 Å². The molecule has 0 fully saturated rings. The molecule has 182 valence electrons. The molecule has 0 spiro atoms. The molecular formula is C26H29N5O3S. The summed E-state index contributed by atoms with van der Waals surface area (Å²) in [6, 6.07) is 16.8. The van der Waals surface area contributed by atoms with Gasteiger partial charge in [0, 0.05) is 47.7 Å². The van der Waals surface area contributed by atoms with Gasteiger partial charge in [0.15, 0.2) is 6.23 Å². The molecule has 1 unspecified atom stereocenters. The quantitative estimate of drug-likeness (QED) is 0.141. The third-order valence-corrected chi connectivity index (χ3v) is 5.85. The van der Waals surface area contributed by atoms with E-state index in [9.17, 15) is 0 Å². The van der Waals surface area contributed by atoms with Crippen molar-refractivity contribution in [2.45, 2.75) is 11.1 Å². The summed E-state index contributed by atoms with van der Waals surface area (Å²) in [4.78, 5) is 9.42. The molecule has 3 aromatic rings. The molecule has 2 aromatic carbocycles. The van der Waals surface area contributed by atoms with Crippen LogP contribution in [0, 0.1) is 5.41 Å². The number of benzene rings is 2. The van der Waals surface area contributed by atoms with Crippen molar-refractivity contribution in [1.29, 1.82) is 5.41 Å².